The van der Waals surface area contributed by atoms with E-state index in [4.69, 9.17) is 16.3 Å². The number of amides is 2. The fraction of sp³-hybridized carbons (Fsp3) is 0.400. The quantitative estimate of drug-likeness (QED) is 0.650. The molecule has 0 saturated heterocycles. The maximum atomic E-state index is 13.0. The van der Waals surface area contributed by atoms with Crippen LogP contribution in [-0.4, -0.2) is 46.2 Å². The number of nitrogens with zero attached hydrogens (tertiary/aromatic N) is 1. The molecule has 2 N–H and O–H groups in total. The monoisotopic (exact) mass is 472 g/mol. The molecule has 0 radical (unpaired) electrons. The van der Waals surface area contributed by atoms with E-state index in [1.807, 2.05) is 24.3 Å². The van der Waals surface area contributed by atoms with Crippen molar-refractivity contribution in [3.8, 4) is 0 Å². The molecule has 0 bridgehead atoms. The number of hydrogen-bond donors (Lipinski definition) is 2. The van der Waals surface area contributed by atoms with Gasteiger partial charge in [-0.3, -0.25) is 4.79 Å². The minimum absolute atomic E-state index is 0.0688. The Hall–Kier alpha value is -3.06. The molecule has 0 aromatic heterocycles. The summed E-state index contributed by atoms with van der Waals surface area (Å²) in [5.74, 6) is -1.59. The number of fused-ring (bicyclic) bond motifs is 1. The molecule has 2 unspecified atom stereocenters. The van der Waals surface area contributed by atoms with Crippen LogP contribution in [0.2, 0.25) is 5.02 Å². The molecule has 1 aliphatic heterocycles. The van der Waals surface area contributed by atoms with Crippen LogP contribution >= 0.6 is 11.6 Å². The average molecular weight is 473 g/mol. The van der Waals surface area contributed by atoms with E-state index in [2.05, 4.69) is 5.32 Å². The molecule has 2 amide bonds. The highest BCUT2D eigenvalue weighted by Gasteiger charge is 2.35. The summed E-state index contributed by atoms with van der Waals surface area (Å²) in [6.07, 6.45) is 0.211. The number of carboxylic acid groups (broad SMARTS) is 1. The molecule has 2 atom stereocenters. The molecule has 1 heterocycles. The summed E-state index contributed by atoms with van der Waals surface area (Å²) in [6.45, 7) is 5.78. The van der Waals surface area contributed by atoms with E-state index in [-0.39, 0.29) is 12.8 Å². The van der Waals surface area contributed by atoms with Gasteiger partial charge in [-0.15, -0.1) is 0 Å². The van der Waals surface area contributed by atoms with Crippen LogP contribution in [0.15, 0.2) is 48.5 Å². The van der Waals surface area contributed by atoms with Gasteiger partial charge in [-0.2, -0.15) is 0 Å². The van der Waals surface area contributed by atoms with Gasteiger partial charge in [-0.1, -0.05) is 48.0 Å². The molecule has 0 saturated carbocycles. The molecule has 0 aliphatic carbocycles. The van der Waals surface area contributed by atoms with Crippen molar-refractivity contribution in [2.24, 2.45) is 0 Å². The second kappa shape index (κ2) is 10.3. The summed E-state index contributed by atoms with van der Waals surface area (Å²) in [5, 5.41) is 12.8. The van der Waals surface area contributed by atoms with E-state index >= 15 is 0 Å². The van der Waals surface area contributed by atoms with Crippen molar-refractivity contribution in [2.45, 2.75) is 57.7 Å². The predicted molar refractivity (Wildman–Crippen MR) is 125 cm³/mol. The summed E-state index contributed by atoms with van der Waals surface area (Å²) in [5.41, 5.74) is 2.00. The molecule has 8 heteroatoms. The lowest BCUT2D eigenvalue weighted by Crippen LogP contribution is -2.47. The molecule has 0 fully saturated rings. The van der Waals surface area contributed by atoms with Crippen LogP contribution in [0.5, 0.6) is 0 Å². The lowest BCUT2D eigenvalue weighted by atomic mass is 9.90. The molecular formula is C25H29ClN2O5. The normalized spacial score (nSPS) is 16.5. The van der Waals surface area contributed by atoms with Crippen LogP contribution in [0, 0.1) is 0 Å². The van der Waals surface area contributed by atoms with Gasteiger partial charge in [0.05, 0.1) is 12.5 Å². The molecule has 7 nitrogen and oxygen atoms in total. The molecule has 0 spiro atoms. The van der Waals surface area contributed by atoms with Gasteiger partial charge >= 0.3 is 12.1 Å². The highest BCUT2D eigenvalue weighted by atomic mass is 35.5. The van der Waals surface area contributed by atoms with Gasteiger partial charge in [0.1, 0.15) is 11.6 Å². The van der Waals surface area contributed by atoms with Crippen LogP contribution in [0.1, 0.15) is 49.9 Å². The van der Waals surface area contributed by atoms with Crippen LogP contribution in [0.25, 0.3) is 0 Å². The predicted octanol–water partition coefficient (Wildman–Crippen LogP) is 4.38. The number of carbonyl (C=O) groups is 3. The Kier molecular flexibility index (Phi) is 7.64. The van der Waals surface area contributed by atoms with Gasteiger partial charge < -0.3 is 20.1 Å². The number of carbonyl (C=O) groups excluding carboxylic acids is 2. The van der Waals surface area contributed by atoms with Crippen molar-refractivity contribution in [1.82, 2.24) is 10.2 Å². The number of nitrogens with one attached hydrogen (secondary N) is 1. The topological polar surface area (TPSA) is 95.9 Å². The second-order valence-electron chi connectivity index (χ2n) is 9.13. The molecular weight excluding hydrogens is 444 g/mol. The minimum Gasteiger partial charge on any atom is -0.480 e. The van der Waals surface area contributed by atoms with Crippen LogP contribution in [0.4, 0.5) is 4.79 Å². The van der Waals surface area contributed by atoms with Crippen LogP contribution in [0.3, 0.4) is 0 Å². The molecule has 3 rings (SSSR count). The lowest BCUT2D eigenvalue weighted by Gasteiger charge is -2.38. The van der Waals surface area contributed by atoms with Gasteiger partial charge in [0, 0.05) is 18.0 Å². The Morgan fingerprint density at radius 1 is 1.15 bits per heavy atom. The number of aliphatic carboxylic acids is 1. The van der Waals surface area contributed by atoms with Crippen molar-refractivity contribution in [3.63, 3.8) is 0 Å². The van der Waals surface area contributed by atoms with Gasteiger partial charge in [0.25, 0.3) is 0 Å². The van der Waals surface area contributed by atoms with Crippen molar-refractivity contribution in [1.29, 1.82) is 0 Å². The SMILES string of the molecule is CC(C)(C)OC(=O)N1CCc2ccccc2C1CC(=O)NC(Cc1ccc(Cl)cc1)C(=O)O. The number of benzene rings is 2. The first-order chi connectivity index (χ1) is 15.5. The van der Waals surface area contributed by atoms with Crippen molar-refractivity contribution < 1.29 is 24.2 Å². The van der Waals surface area contributed by atoms with Crippen LogP contribution in [-0.2, 0) is 27.2 Å². The lowest BCUT2D eigenvalue weighted by molar-refractivity contribution is -0.142. The molecule has 2 aromatic rings. The van der Waals surface area contributed by atoms with E-state index in [0.717, 1.165) is 16.7 Å². The summed E-state index contributed by atoms with van der Waals surface area (Å²) in [6, 6.07) is 12.8. The standard InChI is InChI=1S/C25H29ClN2O5/c1-25(2,3)33-24(32)28-13-12-17-6-4-5-7-19(17)21(28)15-22(29)27-20(23(30)31)14-16-8-10-18(26)11-9-16/h4-11,20-21H,12-15H2,1-3H3,(H,27,29)(H,30,31). The van der Waals surface area contributed by atoms with Gasteiger partial charge in [0.15, 0.2) is 0 Å². The zero-order valence-corrected chi connectivity index (χ0v) is 19.8. The van der Waals surface area contributed by atoms with E-state index in [9.17, 15) is 19.5 Å². The number of ether oxygens (including phenoxy) is 1. The third-order valence-corrected chi connectivity index (χ3v) is 5.66. The zero-order valence-electron chi connectivity index (χ0n) is 19.0. The Morgan fingerprint density at radius 3 is 2.45 bits per heavy atom. The highest BCUT2D eigenvalue weighted by molar-refractivity contribution is 6.30. The van der Waals surface area contributed by atoms with Gasteiger partial charge in [-0.25, -0.2) is 9.59 Å². The summed E-state index contributed by atoms with van der Waals surface area (Å²) in [7, 11) is 0. The Morgan fingerprint density at radius 2 is 1.82 bits per heavy atom. The van der Waals surface area contributed by atoms with Gasteiger partial charge in [0.2, 0.25) is 5.91 Å². The van der Waals surface area contributed by atoms with Crippen LogP contribution < -0.4 is 5.32 Å². The first-order valence-electron chi connectivity index (χ1n) is 10.9. The highest BCUT2D eigenvalue weighted by Crippen LogP contribution is 2.33. The summed E-state index contributed by atoms with van der Waals surface area (Å²) in [4.78, 5) is 39.2. The smallest absolute Gasteiger partial charge is 0.410 e. The first-order valence-corrected chi connectivity index (χ1v) is 11.3. The number of carboxylic acids is 1. The fourth-order valence-corrected chi connectivity index (χ4v) is 4.02. The third-order valence-electron chi connectivity index (χ3n) is 5.41. The Bertz CT molecular complexity index is 1020. The van der Waals surface area contributed by atoms with E-state index in [0.29, 0.717) is 18.0 Å². The fourth-order valence-electron chi connectivity index (χ4n) is 3.90. The number of hydrogen-bond acceptors (Lipinski definition) is 4. The molecule has 2 aromatic carbocycles. The molecule has 176 valence electrons. The minimum atomic E-state index is -1.13. The zero-order chi connectivity index (χ0) is 24.2. The molecule has 33 heavy (non-hydrogen) atoms. The molecule has 1 aliphatic rings. The average Bonchev–Trinajstić information content (AvgIpc) is 2.73. The van der Waals surface area contributed by atoms with Gasteiger partial charge in [-0.05, 0) is 56.0 Å². The third kappa shape index (κ3) is 6.71. The van der Waals surface area contributed by atoms with E-state index in [1.165, 1.54) is 0 Å². The number of halogens is 1. The van der Waals surface area contributed by atoms with Crippen molar-refractivity contribution in [3.05, 3.63) is 70.2 Å². The second-order valence-corrected chi connectivity index (χ2v) is 9.57. The summed E-state index contributed by atoms with van der Waals surface area (Å²) >= 11 is 5.90. The maximum Gasteiger partial charge on any atom is 0.410 e. The Balaban J connectivity index is 1.77. The van der Waals surface area contributed by atoms with E-state index in [1.54, 1.807) is 49.9 Å². The summed E-state index contributed by atoms with van der Waals surface area (Å²) < 4.78 is 5.56. The Labute approximate surface area is 198 Å². The first kappa shape index (κ1) is 24.6. The van der Waals surface area contributed by atoms with Crippen molar-refractivity contribution >= 4 is 29.6 Å². The largest absolute Gasteiger partial charge is 0.480 e. The van der Waals surface area contributed by atoms with E-state index < -0.39 is 35.7 Å². The number of rotatable bonds is 6. The maximum absolute atomic E-state index is 13.0. The van der Waals surface area contributed by atoms with Crippen molar-refractivity contribution in [2.75, 3.05) is 6.54 Å².